The minimum Gasteiger partial charge on any atom is -0.395 e. The number of halogens is 1. The molecule has 2 rings (SSSR count). The highest BCUT2D eigenvalue weighted by molar-refractivity contribution is 9.11. The summed E-state index contributed by atoms with van der Waals surface area (Å²) in [5.41, 5.74) is 2.43. The highest BCUT2D eigenvalue weighted by atomic mass is 79.9. The summed E-state index contributed by atoms with van der Waals surface area (Å²) < 4.78 is 1.08. The second-order valence-corrected chi connectivity index (χ2v) is 3.81. The molecule has 0 radical (unpaired) electrons. The van der Waals surface area contributed by atoms with Gasteiger partial charge < -0.3 is 5.11 Å². The van der Waals surface area contributed by atoms with Crippen LogP contribution < -0.4 is 0 Å². The van der Waals surface area contributed by atoms with Gasteiger partial charge in [0, 0.05) is 10.4 Å². The summed E-state index contributed by atoms with van der Waals surface area (Å²) in [7, 11) is 0. The Morgan fingerprint density at radius 1 is 1.33 bits per heavy atom. The molecule has 0 aliphatic heterocycles. The molecule has 0 aromatic heterocycles. The van der Waals surface area contributed by atoms with Crippen molar-refractivity contribution < 1.29 is 5.11 Å². The Labute approximate surface area is 79.9 Å². The van der Waals surface area contributed by atoms with E-state index in [0.717, 1.165) is 4.48 Å². The Bertz CT molecular complexity index is 330. The van der Waals surface area contributed by atoms with Gasteiger partial charge in [-0.05, 0) is 17.2 Å². The fraction of sp³-hybridized carbons (Fsp3) is 0.200. The van der Waals surface area contributed by atoms with Crippen LogP contribution in [0, 0.1) is 0 Å². The van der Waals surface area contributed by atoms with Gasteiger partial charge >= 0.3 is 0 Å². The fourth-order valence-electron chi connectivity index (χ4n) is 1.54. The second-order valence-electron chi connectivity index (χ2n) is 2.89. The molecule has 0 bridgehead atoms. The van der Waals surface area contributed by atoms with Crippen LogP contribution in [0.25, 0.3) is 6.08 Å². The van der Waals surface area contributed by atoms with Gasteiger partial charge in [-0.1, -0.05) is 40.2 Å². The molecule has 62 valence electrons. The first-order valence-corrected chi connectivity index (χ1v) is 4.69. The van der Waals surface area contributed by atoms with Crippen LogP contribution in [0.15, 0.2) is 28.7 Å². The smallest absolute Gasteiger partial charge is 0.0545 e. The van der Waals surface area contributed by atoms with Crippen LogP contribution in [-0.4, -0.2) is 11.7 Å². The lowest BCUT2D eigenvalue weighted by atomic mass is 10.0. The van der Waals surface area contributed by atoms with Gasteiger partial charge in [0.15, 0.2) is 0 Å². The first kappa shape index (κ1) is 8.02. The normalized spacial score (nSPS) is 20.5. The van der Waals surface area contributed by atoms with Gasteiger partial charge in [-0.3, -0.25) is 0 Å². The van der Waals surface area contributed by atoms with Crippen LogP contribution in [-0.2, 0) is 0 Å². The summed E-state index contributed by atoms with van der Waals surface area (Å²) in [6.45, 7) is 0.175. The van der Waals surface area contributed by atoms with E-state index in [-0.39, 0.29) is 12.5 Å². The first-order valence-electron chi connectivity index (χ1n) is 3.90. The molecular formula is C10H9BrO. The van der Waals surface area contributed by atoms with Crippen molar-refractivity contribution in [1.29, 1.82) is 0 Å². The molecule has 1 N–H and O–H groups in total. The fourth-order valence-corrected chi connectivity index (χ4v) is 2.18. The summed E-state index contributed by atoms with van der Waals surface area (Å²) in [5.74, 6) is 0.154. The molecule has 1 nitrogen and oxygen atoms in total. The number of aliphatic hydroxyl groups is 1. The molecule has 1 aliphatic carbocycles. The third kappa shape index (κ3) is 1.11. The molecule has 0 spiro atoms. The molecule has 1 aliphatic rings. The van der Waals surface area contributed by atoms with Gasteiger partial charge in [0.25, 0.3) is 0 Å². The zero-order valence-electron chi connectivity index (χ0n) is 6.50. The van der Waals surface area contributed by atoms with Crippen molar-refractivity contribution in [2.24, 2.45) is 0 Å². The van der Waals surface area contributed by atoms with Crippen LogP contribution >= 0.6 is 15.9 Å². The van der Waals surface area contributed by atoms with Crippen LogP contribution in [0.4, 0.5) is 0 Å². The van der Waals surface area contributed by atoms with Crippen molar-refractivity contribution in [3.63, 3.8) is 0 Å². The van der Waals surface area contributed by atoms with E-state index in [1.807, 2.05) is 12.1 Å². The molecule has 2 heteroatoms. The third-order valence-electron chi connectivity index (χ3n) is 2.18. The van der Waals surface area contributed by atoms with Gasteiger partial charge in [-0.2, -0.15) is 0 Å². The lowest BCUT2D eigenvalue weighted by Gasteiger charge is -2.08. The Kier molecular flexibility index (Phi) is 2.03. The van der Waals surface area contributed by atoms with Gasteiger partial charge in [-0.25, -0.2) is 0 Å². The summed E-state index contributed by atoms with van der Waals surface area (Å²) >= 11 is 3.45. The quantitative estimate of drug-likeness (QED) is 0.778. The maximum Gasteiger partial charge on any atom is 0.0545 e. The monoisotopic (exact) mass is 224 g/mol. The molecule has 0 fully saturated rings. The molecular weight excluding hydrogens is 216 g/mol. The Morgan fingerprint density at radius 3 is 2.83 bits per heavy atom. The van der Waals surface area contributed by atoms with Crippen molar-refractivity contribution in [2.75, 3.05) is 6.61 Å². The van der Waals surface area contributed by atoms with Gasteiger partial charge in [-0.15, -0.1) is 0 Å². The topological polar surface area (TPSA) is 20.2 Å². The average molecular weight is 225 g/mol. The largest absolute Gasteiger partial charge is 0.395 e. The number of fused-ring (bicyclic) bond motifs is 1. The van der Waals surface area contributed by atoms with Crippen molar-refractivity contribution in [2.45, 2.75) is 5.92 Å². The molecule has 0 heterocycles. The van der Waals surface area contributed by atoms with Crippen molar-refractivity contribution in [1.82, 2.24) is 0 Å². The number of hydrogen-bond donors (Lipinski definition) is 1. The Morgan fingerprint density at radius 2 is 2.08 bits per heavy atom. The van der Waals surface area contributed by atoms with Gasteiger partial charge in [0.1, 0.15) is 0 Å². The SMILES string of the molecule is OCC1C(Br)=Cc2ccccc21. The first-order chi connectivity index (χ1) is 5.83. The minimum absolute atomic E-state index is 0.154. The average Bonchev–Trinajstić information content (AvgIpc) is 2.40. The predicted molar refractivity (Wildman–Crippen MR) is 53.2 cm³/mol. The lowest BCUT2D eigenvalue weighted by Crippen LogP contribution is -2.00. The molecule has 1 aromatic rings. The van der Waals surface area contributed by atoms with E-state index in [1.54, 1.807) is 0 Å². The molecule has 1 aromatic carbocycles. The zero-order chi connectivity index (χ0) is 8.55. The van der Waals surface area contributed by atoms with Crippen molar-refractivity contribution >= 4 is 22.0 Å². The summed E-state index contributed by atoms with van der Waals surface area (Å²) in [6, 6.07) is 8.13. The van der Waals surface area contributed by atoms with Crippen LogP contribution in [0.2, 0.25) is 0 Å². The van der Waals surface area contributed by atoms with E-state index < -0.39 is 0 Å². The summed E-state index contributed by atoms with van der Waals surface area (Å²) in [4.78, 5) is 0. The maximum absolute atomic E-state index is 9.11. The van der Waals surface area contributed by atoms with Gasteiger partial charge in [0.2, 0.25) is 0 Å². The molecule has 1 unspecified atom stereocenters. The van der Waals surface area contributed by atoms with E-state index in [0.29, 0.717) is 0 Å². The Balaban J connectivity index is 2.50. The van der Waals surface area contributed by atoms with E-state index in [2.05, 4.69) is 34.1 Å². The van der Waals surface area contributed by atoms with Crippen molar-refractivity contribution in [3.8, 4) is 0 Å². The molecule has 12 heavy (non-hydrogen) atoms. The highest BCUT2D eigenvalue weighted by Gasteiger charge is 2.21. The van der Waals surface area contributed by atoms with E-state index in [4.69, 9.17) is 5.11 Å². The number of hydrogen-bond acceptors (Lipinski definition) is 1. The highest BCUT2D eigenvalue weighted by Crippen LogP contribution is 2.38. The lowest BCUT2D eigenvalue weighted by molar-refractivity contribution is 0.283. The standard InChI is InChI=1S/C10H9BrO/c11-10-5-7-3-1-2-4-8(7)9(10)6-12/h1-5,9,12H,6H2. The summed E-state index contributed by atoms with van der Waals surface area (Å²) in [5, 5.41) is 9.11. The van der Waals surface area contributed by atoms with Gasteiger partial charge in [0.05, 0.1) is 6.61 Å². The van der Waals surface area contributed by atoms with E-state index in [1.165, 1.54) is 11.1 Å². The number of rotatable bonds is 1. The molecule has 0 saturated carbocycles. The zero-order valence-corrected chi connectivity index (χ0v) is 8.08. The van der Waals surface area contributed by atoms with Crippen LogP contribution in [0.1, 0.15) is 17.0 Å². The molecule has 1 atom stereocenters. The molecule has 0 amide bonds. The third-order valence-corrected chi connectivity index (χ3v) is 2.96. The predicted octanol–water partition coefficient (Wildman–Crippen LogP) is 2.51. The number of benzene rings is 1. The van der Waals surface area contributed by atoms with Crippen LogP contribution in [0.3, 0.4) is 0 Å². The van der Waals surface area contributed by atoms with E-state index >= 15 is 0 Å². The second kappa shape index (κ2) is 3.04. The Hall–Kier alpha value is -0.600. The minimum atomic E-state index is 0.154. The number of aliphatic hydroxyl groups excluding tert-OH is 1. The molecule has 0 saturated heterocycles. The maximum atomic E-state index is 9.11. The summed E-state index contributed by atoms with van der Waals surface area (Å²) in [6.07, 6.45) is 2.07. The van der Waals surface area contributed by atoms with Crippen molar-refractivity contribution in [3.05, 3.63) is 39.9 Å². The van der Waals surface area contributed by atoms with E-state index in [9.17, 15) is 0 Å². The van der Waals surface area contributed by atoms with Crippen LogP contribution in [0.5, 0.6) is 0 Å².